The van der Waals surface area contributed by atoms with Gasteiger partial charge in [-0.15, -0.1) is 0 Å². The Morgan fingerprint density at radius 1 is 1.24 bits per heavy atom. The first-order chi connectivity index (χ1) is 10.0. The van der Waals surface area contributed by atoms with Gasteiger partial charge in [0, 0.05) is 12.1 Å². The number of nitrogens with two attached hydrogens (primary N) is 1. The van der Waals surface area contributed by atoms with Crippen molar-refractivity contribution in [3.8, 4) is 0 Å². The lowest BCUT2D eigenvalue weighted by Gasteiger charge is -2.14. The summed E-state index contributed by atoms with van der Waals surface area (Å²) in [7, 11) is 0. The molecule has 0 aliphatic rings. The van der Waals surface area contributed by atoms with E-state index in [1.54, 1.807) is 12.1 Å². The molecule has 0 aliphatic heterocycles. The second-order valence-corrected chi connectivity index (χ2v) is 5.09. The summed E-state index contributed by atoms with van der Waals surface area (Å²) in [6, 6.07) is 13.5. The number of carbonyl (C=O) groups excluding carboxylic acids is 1. The molecule has 1 amide bonds. The highest BCUT2D eigenvalue weighted by Gasteiger charge is 2.10. The molecule has 0 unspecified atom stereocenters. The molecule has 0 heterocycles. The Morgan fingerprint density at radius 2 is 2.00 bits per heavy atom. The molecule has 0 saturated carbocycles. The van der Waals surface area contributed by atoms with Crippen LogP contribution < -0.4 is 11.1 Å². The van der Waals surface area contributed by atoms with Gasteiger partial charge in [0.15, 0.2) is 0 Å². The summed E-state index contributed by atoms with van der Waals surface area (Å²) < 4.78 is 13.1. The van der Waals surface area contributed by atoms with E-state index in [2.05, 4.69) is 5.32 Å². The number of hydrogen-bond acceptors (Lipinski definition) is 2. The van der Waals surface area contributed by atoms with Gasteiger partial charge in [-0.05, 0) is 48.7 Å². The van der Waals surface area contributed by atoms with Crippen LogP contribution in [0.15, 0.2) is 48.5 Å². The van der Waals surface area contributed by atoms with Crippen molar-refractivity contribution in [2.45, 2.75) is 25.8 Å². The molecule has 0 fully saturated rings. The van der Waals surface area contributed by atoms with Crippen LogP contribution in [0, 0.1) is 5.82 Å². The van der Waals surface area contributed by atoms with Crippen molar-refractivity contribution in [2.24, 2.45) is 0 Å². The van der Waals surface area contributed by atoms with Crippen LogP contribution in [0.25, 0.3) is 0 Å². The van der Waals surface area contributed by atoms with E-state index in [4.69, 9.17) is 5.73 Å². The number of benzene rings is 2. The first-order valence-corrected chi connectivity index (χ1v) is 6.94. The molecule has 2 aromatic rings. The van der Waals surface area contributed by atoms with Crippen molar-refractivity contribution >= 4 is 11.6 Å². The number of halogens is 1. The summed E-state index contributed by atoms with van der Waals surface area (Å²) in [5.74, 6) is -0.359. The summed E-state index contributed by atoms with van der Waals surface area (Å²) in [5.41, 5.74) is 8.18. The van der Waals surface area contributed by atoms with Gasteiger partial charge in [0.1, 0.15) is 5.82 Å². The molecule has 3 N–H and O–H groups in total. The maximum atomic E-state index is 13.1. The van der Waals surface area contributed by atoms with Crippen LogP contribution in [-0.2, 0) is 11.2 Å². The van der Waals surface area contributed by atoms with Gasteiger partial charge in [-0.3, -0.25) is 4.79 Å². The predicted molar refractivity (Wildman–Crippen MR) is 82.1 cm³/mol. The molecule has 110 valence electrons. The minimum absolute atomic E-state index is 0.0609. The molecule has 4 heteroatoms. The maximum Gasteiger partial charge on any atom is 0.220 e. The van der Waals surface area contributed by atoms with Gasteiger partial charge in [-0.25, -0.2) is 4.39 Å². The van der Waals surface area contributed by atoms with E-state index >= 15 is 0 Å². The summed E-state index contributed by atoms with van der Waals surface area (Å²) in [4.78, 5) is 11.9. The highest BCUT2D eigenvalue weighted by atomic mass is 19.1. The summed E-state index contributed by atoms with van der Waals surface area (Å²) >= 11 is 0. The third kappa shape index (κ3) is 4.60. The summed E-state index contributed by atoms with van der Waals surface area (Å²) in [6.07, 6.45) is 1.01. The molecule has 0 radical (unpaired) electrons. The van der Waals surface area contributed by atoms with Crippen molar-refractivity contribution in [3.63, 3.8) is 0 Å². The zero-order valence-corrected chi connectivity index (χ0v) is 12.0. The molecule has 2 rings (SSSR count). The average Bonchev–Trinajstić information content (AvgIpc) is 2.45. The number of aryl methyl sites for hydroxylation is 1. The summed E-state index contributed by atoms with van der Waals surface area (Å²) in [5, 5.41) is 2.87. The van der Waals surface area contributed by atoms with Gasteiger partial charge in [0.25, 0.3) is 0 Å². The highest BCUT2D eigenvalue weighted by Crippen LogP contribution is 2.14. The molecule has 21 heavy (non-hydrogen) atoms. The largest absolute Gasteiger partial charge is 0.399 e. The SMILES string of the molecule is C[C@H](NC(=O)CCc1cccc(N)c1)c1cccc(F)c1. The monoisotopic (exact) mass is 286 g/mol. The van der Waals surface area contributed by atoms with E-state index in [1.807, 2.05) is 31.2 Å². The van der Waals surface area contributed by atoms with Gasteiger partial charge in [0.05, 0.1) is 6.04 Å². The zero-order valence-electron chi connectivity index (χ0n) is 12.0. The van der Waals surface area contributed by atoms with Crippen molar-refractivity contribution in [1.29, 1.82) is 0 Å². The van der Waals surface area contributed by atoms with Gasteiger partial charge in [0.2, 0.25) is 5.91 Å². The van der Waals surface area contributed by atoms with Crippen molar-refractivity contribution in [1.82, 2.24) is 5.32 Å². The van der Waals surface area contributed by atoms with E-state index < -0.39 is 0 Å². The third-order valence-corrected chi connectivity index (χ3v) is 3.32. The van der Waals surface area contributed by atoms with Crippen LogP contribution in [0.5, 0.6) is 0 Å². The Kier molecular flexibility index (Phi) is 4.93. The number of nitrogens with one attached hydrogen (secondary N) is 1. The van der Waals surface area contributed by atoms with E-state index in [9.17, 15) is 9.18 Å². The van der Waals surface area contributed by atoms with Crippen molar-refractivity contribution in [2.75, 3.05) is 5.73 Å². The Labute approximate surface area is 124 Å². The van der Waals surface area contributed by atoms with Crippen LogP contribution in [-0.4, -0.2) is 5.91 Å². The van der Waals surface area contributed by atoms with E-state index in [0.717, 1.165) is 11.1 Å². The first kappa shape index (κ1) is 15.0. The predicted octanol–water partition coefficient (Wildman–Crippen LogP) is 3.22. The molecule has 2 aromatic carbocycles. The van der Waals surface area contributed by atoms with E-state index in [0.29, 0.717) is 18.5 Å². The van der Waals surface area contributed by atoms with Crippen LogP contribution in [0.1, 0.15) is 30.5 Å². The Balaban J connectivity index is 1.87. The fourth-order valence-corrected chi connectivity index (χ4v) is 2.18. The second kappa shape index (κ2) is 6.88. The lowest BCUT2D eigenvalue weighted by atomic mass is 10.1. The van der Waals surface area contributed by atoms with Crippen molar-refractivity contribution in [3.05, 3.63) is 65.5 Å². The normalized spacial score (nSPS) is 11.9. The Bertz CT molecular complexity index is 628. The first-order valence-electron chi connectivity index (χ1n) is 6.94. The Morgan fingerprint density at radius 3 is 2.71 bits per heavy atom. The molecular weight excluding hydrogens is 267 g/mol. The average molecular weight is 286 g/mol. The number of nitrogen functional groups attached to an aromatic ring is 1. The van der Waals surface area contributed by atoms with Gasteiger partial charge < -0.3 is 11.1 Å². The number of rotatable bonds is 5. The fourth-order valence-electron chi connectivity index (χ4n) is 2.18. The van der Waals surface area contributed by atoms with Crippen LogP contribution >= 0.6 is 0 Å². The molecule has 0 saturated heterocycles. The molecule has 0 aromatic heterocycles. The Hall–Kier alpha value is -2.36. The highest BCUT2D eigenvalue weighted by molar-refractivity contribution is 5.76. The van der Waals surface area contributed by atoms with Crippen LogP contribution in [0.3, 0.4) is 0 Å². The standard InChI is InChI=1S/C17H19FN2O/c1-12(14-5-3-6-15(18)11-14)20-17(21)9-8-13-4-2-7-16(19)10-13/h2-7,10-12H,8-9,19H2,1H3,(H,20,21)/t12-/m0/s1. The molecule has 0 bridgehead atoms. The lowest BCUT2D eigenvalue weighted by Crippen LogP contribution is -2.26. The second-order valence-electron chi connectivity index (χ2n) is 5.09. The minimum Gasteiger partial charge on any atom is -0.399 e. The van der Waals surface area contributed by atoms with E-state index in [1.165, 1.54) is 12.1 Å². The van der Waals surface area contributed by atoms with Crippen molar-refractivity contribution < 1.29 is 9.18 Å². The van der Waals surface area contributed by atoms with Crippen LogP contribution in [0.2, 0.25) is 0 Å². The third-order valence-electron chi connectivity index (χ3n) is 3.32. The number of hydrogen-bond donors (Lipinski definition) is 2. The molecule has 0 aliphatic carbocycles. The van der Waals surface area contributed by atoms with Crippen LogP contribution in [0.4, 0.5) is 10.1 Å². The topological polar surface area (TPSA) is 55.1 Å². The zero-order chi connectivity index (χ0) is 15.2. The fraction of sp³-hybridized carbons (Fsp3) is 0.235. The quantitative estimate of drug-likeness (QED) is 0.829. The molecule has 1 atom stereocenters. The smallest absolute Gasteiger partial charge is 0.220 e. The molecule has 3 nitrogen and oxygen atoms in total. The van der Waals surface area contributed by atoms with E-state index in [-0.39, 0.29) is 17.8 Å². The number of anilines is 1. The maximum absolute atomic E-state index is 13.1. The summed E-state index contributed by atoms with van der Waals surface area (Å²) in [6.45, 7) is 1.84. The number of carbonyl (C=O) groups is 1. The van der Waals surface area contributed by atoms with Gasteiger partial charge >= 0.3 is 0 Å². The lowest BCUT2D eigenvalue weighted by molar-refractivity contribution is -0.121. The number of amides is 1. The molecule has 0 spiro atoms. The minimum atomic E-state index is -0.298. The van der Waals surface area contributed by atoms with Gasteiger partial charge in [-0.1, -0.05) is 24.3 Å². The van der Waals surface area contributed by atoms with Gasteiger partial charge in [-0.2, -0.15) is 0 Å². The molecular formula is C17H19FN2O.